The molecule has 1 amide bonds. The van der Waals surface area contributed by atoms with Crippen LogP contribution in [0.3, 0.4) is 0 Å². The SMILES string of the molecule is O=C(Nc1ccnc(Cl)c1)C1CCSC1. The molecule has 0 radical (unpaired) electrons. The van der Waals surface area contributed by atoms with E-state index >= 15 is 0 Å². The predicted octanol–water partition coefficient (Wildman–Crippen LogP) is 2.43. The molecular formula is C10H11ClN2OS. The molecule has 1 atom stereocenters. The predicted molar refractivity (Wildman–Crippen MR) is 63.3 cm³/mol. The van der Waals surface area contributed by atoms with Gasteiger partial charge < -0.3 is 5.32 Å². The van der Waals surface area contributed by atoms with E-state index in [1.54, 1.807) is 18.3 Å². The van der Waals surface area contributed by atoms with Crippen molar-refractivity contribution in [3.05, 3.63) is 23.5 Å². The fourth-order valence-electron chi connectivity index (χ4n) is 1.47. The van der Waals surface area contributed by atoms with E-state index in [0.717, 1.165) is 23.6 Å². The van der Waals surface area contributed by atoms with Crippen molar-refractivity contribution >= 4 is 35.0 Å². The average Bonchev–Trinajstić information content (AvgIpc) is 2.70. The van der Waals surface area contributed by atoms with Crippen LogP contribution in [-0.4, -0.2) is 22.4 Å². The van der Waals surface area contributed by atoms with Gasteiger partial charge in [-0.15, -0.1) is 0 Å². The molecule has 3 nitrogen and oxygen atoms in total. The molecule has 2 rings (SSSR count). The minimum atomic E-state index is 0.0854. The van der Waals surface area contributed by atoms with E-state index in [1.165, 1.54) is 0 Å². The number of halogens is 1. The first-order chi connectivity index (χ1) is 7.25. The van der Waals surface area contributed by atoms with Gasteiger partial charge in [0, 0.05) is 23.6 Å². The lowest BCUT2D eigenvalue weighted by molar-refractivity contribution is -0.119. The summed E-state index contributed by atoms with van der Waals surface area (Å²) in [5.74, 6) is 2.23. The third-order valence-corrected chi connectivity index (χ3v) is 3.66. The highest BCUT2D eigenvalue weighted by Crippen LogP contribution is 2.24. The lowest BCUT2D eigenvalue weighted by Crippen LogP contribution is -2.22. The fourth-order valence-corrected chi connectivity index (χ4v) is 2.86. The van der Waals surface area contributed by atoms with E-state index in [9.17, 15) is 4.79 Å². The Balaban J connectivity index is 1.99. The molecule has 1 aliphatic rings. The molecule has 0 bridgehead atoms. The first kappa shape index (κ1) is 10.8. The zero-order valence-corrected chi connectivity index (χ0v) is 9.64. The first-order valence-electron chi connectivity index (χ1n) is 4.76. The van der Waals surface area contributed by atoms with Gasteiger partial charge in [0.15, 0.2) is 0 Å². The summed E-state index contributed by atoms with van der Waals surface area (Å²) >= 11 is 7.55. The molecular weight excluding hydrogens is 232 g/mol. The number of anilines is 1. The highest BCUT2D eigenvalue weighted by molar-refractivity contribution is 7.99. The maximum absolute atomic E-state index is 11.7. The summed E-state index contributed by atoms with van der Waals surface area (Å²) in [7, 11) is 0. The van der Waals surface area contributed by atoms with E-state index < -0.39 is 0 Å². The van der Waals surface area contributed by atoms with Gasteiger partial charge in [0.05, 0.1) is 0 Å². The number of nitrogens with zero attached hydrogens (tertiary/aromatic N) is 1. The molecule has 1 fully saturated rings. The molecule has 1 aromatic rings. The third kappa shape index (κ3) is 2.86. The number of amides is 1. The summed E-state index contributed by atoms with van der Waals surface area (Å²) in [6.07, 6.45) is 2.55. The van der Waals surface area contributed by atoms with Gasteiger partial charge in [0.1, 0.15) is 5.15 Å². The second-order valence-electron chi connectivity index (χ2n) is 3.42. The van der Waals surface area contributed by atoms with Crippen molar-refractivity contribution in [2.24, 2.45) is 5.92 Å². The molecule has 1 N–H and O–H groups in total. The van der Waals surface area contributed by atoms with Crippen LogP contribution in [0.4, 0.5) is 5.69 Å². The van der Waals surface area contributed by atoms with Crippen LogP contribution < -0.4 is 5.32 Å². The standard InChI is InChI=1S/C10H11ClN2OS/c11-9-5-8(1-3-12-9)13-10(14)7-2-4-15-6-7/h1,3,5,7H,2,4,6H2,(H,12,13,14). The zero-order chi connectivity index (χ0) is 10.7. The summed E-state index contributed by atoms with van der Waals surface area (Å²) in [5.41, 5.74) is 0.719. The molecule has 80 valence electrons. The second kappa shape index (κ2) is 4.86. The van der Waals surface area contributed by atoms with Crippen molar-refractivity contribution < 1.29 is 4.79 Å². The van der Waals surface area contributed by atoms with Crippen molar-refractivity contribution in [3.63, 3.8) is 0 Å². The smallest absolute Gasteiger partial charge is 0.228 e. The number of carbonyl (C=O) groups is 1. The van der Waals surface area contributed by atoms with Gasteiger partial charge in [-0.05, 0) is 24.3 Å². The van der Waals surface area contributed by atoms with Gasteiger partial charge in [-0.3, -0.25) is 4.79 Å². The molecule has 0 aliphatic carbocycles. The number of nitrogens with one attached hydrogen (secondary N) is 1. The number of thioether (sulfide) groups is 1. The third-order valence-electron chi connectivity index (χ3n) is 2.29. The molecule has 0 aromatic carbocycles. The highest BCUT2D eigenvalue weighted by atomic mass is 35.5. The van der Waals surface area contributed by atoms with E-state index in [-0.39, 0.29) is 11.8 Å². The van der Waals surface area contributed by atoms with Crippen molar-refractivity contribution in [1.82, 2.24) is 4.98 Å². The van der Waals surface area contributed by atoms with Crippen LogP contribution in [0, 0.1) is 5.92 Å². The Morgan fingerprint density at radius 2 is 2.53 bits per heavy atom. The number of pyridine rings is 1. The molecule has 1 aromatic heterocycles. The summed E-state index contributed by atoms with van der Waals surface area (Å²) < 4.78 is 0. The van der Waals surface area contributed by atoms with Gasteiger partial charge in [-0.1, -0.05) is 11.6 Å². The molecule has 15 heavy (non-hydrogen) atoms. The summed E-state index contributed by atoms with van der Waals surface area (Å²) in [6, 6.07) is 3.40. The number of hydrogen-bond donors (Lipinski definition) is 1. The maximum Gasteiger partial charge on any atom is 0.228 e. The monoisotopic (exact) mass is 242 g/mol. The second-order valence-corrected chi connectivity index (χ2v) is 4.95. The molecule has 0 saturated carbocycles. The topological polar surface area (TPSA) is 42.0 Å². The van der Waals surface area contributed by atoms with Crippen LogP contribution in [0.5, 0.6) is 0 Å². The number of carbonyl (C=O) groups excluding carboxylic acids is 1. The average molecular weight is 243 g/mol. The van der Waals surface area contributed by atoms with Gasteiger partial charge in [0.2, 0.25) is 5.91 Å². The Morgan fingerprint density at radius 3 is 3.20 bits per heavy atom. The van der Waals surface area contributed by atoms with Gasteiger partial charge in [0.25, 0.3) is 0 Å². The molecule has 0 spiro atoms. The van der Waals surface area contributed by atoms with E-state index in [4.69, 9.17) is 11.6 Å². The Kier molecular flexibility index (Phi) is 3.49. The Labute approximate surface area is 97.6 Å². The summed E-state index contributed by atoms with van der Waals surface area (Å²) in [6.45, 7) is 0. The lowest BCUT2D eigenvalue weighted by atomic mass is 10.1. The van der Waals surface area contributed by atoms with Crippen LogP contribution in [0.25, 0.3) is 0 Å². The van der Waals surface area contributed by atoms with Gasteiger partial charge in [-0.25, -0.2) is 4.98 Å². The molecule has 5 heteroatoms. The van der Waals surface area contributed by atoms with Crippen molar-refractivity contribution in [1.29, 1.82) is 0 Å². The van der Waals surface area contributed by atoms with Crippen molar-refractivity contribution in [3.8, 4) is 0 Å². The first-order valence-corrected chi connectivity index (χ1v) is 6.29. The van der Waals surface area contributed by atoms with Crippen molar-refractivity contribution in [2.75, 3.05) is 16.8 Å². The molecule has 2 heterocycles. The minimum Gasteiger partial charge on any atom is -0.326 e. The maximum atomic E-state index is 11.7. The largest absolute Gasteiger partial charge is 0.326 e. The number of aromatic nitrogens is 1. The van der Waals surface area contributed by atoms with Crippen LogP contribution in [0.1, 0.15) is 6.42 Å². The molecule has 1 saturated heterocycles. The Hall–Kier alpha value is -0.740. The number of hydrogen-bond acceptors (Lipinski definition) is 3. The minimum absolute atomic E-state index is 0.0854. The van der Waals surface area contributed by atoms with Crippen molar-refractivity contribution in [2.45, 2.75) is 6.42 Å². The van der Waals surface area contributed by atoms with Crippen LogP contribution in [0.2, 0.25) is 5.15 Å². The van der Waals surface area contributed by atoms with Crippen LogP contribution in [0.15, 0.2) is 18.3 Å². The fraction of sp³-hybridized carbons (Fsp3) is 0.400. The van der Waals surface area contributed by atoms with E-state index in [1.807, 2.05) is 11.8 Å². The lowest BCUT2D eigenvalue weighted by Gasteiger charge is -2.09. The van der Waals surface area contributed by atoms with E-state index in [0.29, 0.717) is 5.15 Å². The molecule has 1 aliphatic heterocycles. The Bertz CT molecular complexity index is 366. The quantitative estimate of drug-likeness (QED) is 0.810. The van der Waals surface area contributed by atoms with Gasteiger partial charge >= 0.3 is 0 Å². The summed E-state index contributed by atoms with van der Waals surface area (Å²) in [5, 5.41) is 3.24. The Morgan fingerprint density at radius 1 is 1.67 bits per heavy atom. The summed E-state index contributed by atoms with van der Waals surface area (Å²) in [4.78, 5) is 15.6. The normalized spacial score (nSPS) is 20.2. The van der Waals surface area contributed by atoms with Crippen LogP contribution in [-0.2, 0) is 4.79 Å². The van der Waals surface area contributed by atoms with E-state index in [2.05, 4.69) is 10.3 Å². The highest BCUT2D eigenvalue weighted by Gasteiger charge is 2.23. The number of rotatable bonds is 2. The van der Waals surface area contributed by atoms with Crippen LogP contribution >= 0.6 is 23.4 Å². The molecule has 1 unspecified atom stereocenters. The van der Waals surface area contributed by atoms with Gasteiger partial charge in [-0.2, -0.15) is 11.8 Å². The zero-order valence-electron chi connectivity index (χ0n) is 8.07.